The number of anilines is 1. The van der Waals surface area contributed by atoms with E-state index in [4.69, 9.17) is 0 Å². The van der Waals surface area contributed by atoms with Crippen molar-refractivity contribution in [2.45, 2.75) is 19.8 Å². The Morgan fingerprint density at radius 2 is 1.77 bits per heavy atom. The summed E-state index contributed by atoms with van der Waals surface area (Å²) < 4.78 is 0. The fourth-order valence-electron chi connectivity index (χ4n) is 2.52. The van der Waals surface area contributed by atoms with Gasteiger partial charge < -0.3 is 10.6 Å². The molecule has 3 heteroatoms. The molecular formula is C19H24N2O. The lowest BCUT2D eigenvalue weighted by Gasteiger charge is -2.20. The molecule has 22 heavy (non-hydrogen) atoms. The molecule has 2 aromatic rings. The summed E-state index contributed by atoms with van der Waals surface area (Å²) in [7, 11) is 1.97. The number of benzene rings is 2. The van der Waals surface area contributed by atoms with Gasteiger partial charge in [0.25, 0.3) is 5.91 Å². The third kappa shape index (κ3) is 4.18. The molecule has 2 unspecified atom stereocenters. The fourth-order valence-corrected chi connectivity index (χ4v) is 2.52. The van der Waals surface area contributed by atoms with Crippen LogP contribution in [0.25, 0.3) is 0 Å². The highest BCUT2D eigenvalue weighted by atomic mass is 16.1. The molecule has 0 spiro atoms. The number of hydrogen-bond donors (Lipinski definition) is 2. The number of nitrogens with one attached hydrogen (secondary N) is 2. The van der Waals surface area contributed by atoms with Crippen LogP contribution in [-0.4, -0.2) is 19.5 Å². The van der Waals surface area contributed by atoms with Crippen molar-refractivity contribution in [2.75, 3.05) is 18.9 Å². The van der Waals surface area contributed by atoms with Crippen molar-refractivity contribution in [2.24, 2.45) is 5.92 Å². The molecule has 0 heterocycles. The first kappa shape index (κ1) is 16.2. The summed E-state index contributed by atoms with van der Waals surface area (Å²) in [6.45, 7) is 5.43. The van der Waals surface area contributed by atoms with Crippen molar-refractivity contribution in [1.82, 2.24) is 5.32 Å². The van der Waals surface area contributed by atoms with Crippen molar-refractivity contribution in [1.29, 1.82) is 0 Å². The molecule has 2 aromatic carbocycles. The topological polar surface area (TPSA) is 41.1 Å². The second-order valence-corrected chi connectivity index (χ2v) is 5.77. The molecule has 0 aromatic heterocycles. The Hall–Kier alpha value is -2.13. The molecule has 0 fully saturated rings. The zero-order chi connectivity index (χ0) is 15.9. The number of amides is 1. The molecule has 0 aliphatic carbocycles. The van der Waals surface area contributed by atoms with E-state index in [1.54, 1.807) is 0 Å². The Morgan fingerprint density at radius 1 is 1.05 bits per heavy atom. The summed E-state index contributed by atoms with van der Waals surface area (Å²) in [5, 5.41) is 6.19. The third-order valence-electron chi connectivity index (χ3n) is 4.09. The van der Waals surface area contributed by atoms with Crippen LogP contribution in [0.15, 0.2) is 54.6 Å². The van der Waals surface area contributed by atoms with Gasteiger partial charge in [-0.2, -0.15) is 0 Å². The van der Waals surface area contributed by atoms with Crippen LogP contribution in [0, 0.1) is 5.92 Å². The molecule has 2 N–H and O–H groups in total. The summed E-state index contributed by atoms with van der Waals surface area (Å²) in [4.78, 5) is 12.2. The van der Waals surface area contributed by atoms with Crippen LogP contribution in [0.5, 0.6) is 0 Å². The van der Waals surface area contributed by atoms with Gasteiger partial charge in [-0.15, -0.1) is 0 Å². The SMILES string of the molecule is CNCC(C)C(C)c1cccc(NC(=O)c2ccccc2)c1. The maximum Gasteiger partial charge on any atom is 0.255 e. The predicted molar refractivity (Wildman–Crippen MR) is 92.3 cm³/mol. The molecule has 116 valence electrons. The molecule has 2 atom stereocenters. The minimum Gasteiger partial charge on any atom is -0.322 e. The average Bonchev–Trinajstić information content (AvgIpc) is 2.55. The lowest BCUT2D eigenvalue weighted by Crippen LogP contribution is -2.21. The van der Waals surface area contributed by atoms with Crippen LogP contribution in [-0.2, 0) is 0 Å². The van der Waals surface area contributed by atoms with Crippen molar-refractivity contribution in [3.8, 4) is 0 Å². The van der Waals surface area contributed by atoms with Gasteiger partial charge in [-0.1, -0.05) is 44.2 Å². The van der Waals surface area contributed by atoms with Gasteiger partial charge in [-0.05, 0) is 55.3 Å². The Labute approximate surface area is 132 Å². The molecule has 0 bridgehead atoms. The minimum atomic E-state index is -0.0753. The number of carbonyl (C=O) groups excluding carboxylic acids is 1. The largest absolute Gasteiger partial charge is 0.322 e. The van der Waals surface area contributed by atoms with Gasteiger partial charge in [-0.3, -0.25) is 4.79 Å². The first-order valence-corrected chi connectivity index (χ1v) is 7.72. The van der Waals surface area contributed by atoms with E-state index >= 15 is 0 Å². The molecule has 0 saturated carbocycles. The van der Waals surface area contributed by atoms with Crippen LogP contribution in [0.3, 0.4) is 0 Å². The Balaban J connectivity index is 2.10. The summed E-state index contributed by atoms with van der Waals surface area (Å²) in [6, 6.07) is 17.4. The van der Waals surface area contributed by atoms with E-state index in [-0.39, 0.29) is 5.91 Å². The van der Waals surface area contributed by atoms with Gasteiger partial charge in [0.15, 0.2) is 0 Å². The summed E-state index contributed by atoms with van der Waals surface area (Å²) >= 11 is 0. The molecular weight excluding hydrogens is 272 g/mol. The van der Waals surface area contributed by atoms with E-state index < -0.39 is 0 Å². The molecule has 3 nitrogen and oxygen atoms in total. The maximum absolute atomic E-state index is 12.2. The van der Waals surface area contributed by atoms with E-state index in [9.17, 15) is 4.79 Å². The van der Waals surface area contributed by atoms with Crippen LogP contribution >= 0.6 is 0 Å². The van der Waals surface area contributed by atoms with Gasteiger partial charge in [0.2, 0.25) is 0 Å². The quantitative estimate of drug-likeness (QED) is 0.849. The standard InChI is InChI=1S/C19H24N2O/c1-14(13-20-3)15(2)17-10-7-11-18(12-17)21-19(22)16-8-5-4-6-9-16/h4-12,14-15,20H,13H2,1-3H3,(H,21,22). The maximum atomic E-state index is 12.2. The van der Waals surface area contributed by atoms with Crippen molar-refractivity contribution in [3.63, 3.8) is 0 Å². The van der Waals surface area contributed by atoms with E-state index in [1.807, 2.05) is 49.5 Å². The summed E-state index contributed by atoms with van der Waals surface area (Å²) in [5.74, 6) is 0.889. The molecule has 0 aliphatic heterocycles. The summed E-state index contributed by atoms with van der Waals surface area (Å²) in [6.07, 6.45) is 0. The molecule has 0 aliphatic rings. The van der Waals surface area contributed by atoms with Crippen LogP contribution < -0.4 is 10.6 Å². The van der Waals surface area contributed by atoms with Crippen molar-refractivity contribution >= 4 is 11.6 Å². The van der Waals surface area contributed by atoms with E-state index in [2.05, 4.69) is 36.6 Å². The minimum absolute atomic E-state index is 0.0753. The predicted octanol–water partition coefficient (Wildman–Crippen LogP) is 3.90. The Morgan fingerprint density at radius 3 is 2.45 bits per heavy atom. The molecule has 2 rings (SSSR count). The second-order valence-electron chi connectivity index (χ2n) is 5.77. The Kier molecular flexibility index (Phi) is 5.73. The zero-order valence-electron chi connectivity index (χ0n) is 13.5. The van der Waals surface area contributed by atoms with E-state index in [0.717, 1.165) is 12.2 Å². The fraction of sp³-hybridized carbons (Fsp3) is 0.316. The monoisotopic (exact) mass is 296 g/mol. The molecule has 0 saturated heterocycles. The molecule has 1 amide bonds. The lowest BCUT2D eigenvalue weighted by atomic mass is 9.88. The van der Waals surface area contributed by atoms with Crippen LogP contribution in [0.1, 0.15) is 35.7 Å². The van der Waals surface area contributed by atoms with Gasteiger partial charge in [0.1, 0.15) is 0 Å². The normalized spacial score (nSPS) is 13.4. The lowest BCUT2D eigenvalue weighted by molar-refractivity contribution is 0.102. The van der Waals surface area contributed by atoms with Gasteiger partial charge in [0.05, 0.1) is 0 Å². The highest BCUT2D eigenvalue weighted by Crippen LogP contribution is 2.26. The first-order valence-electron chi connectivity index (χ1n) is 7.72. The third-order valence-corrected chi connectivity index (χ3v) is 4.09. The van der Waals surface area contributed by atoms with Crippen LogP contribution in [0.2, 0.25) is 0 Å². The van der Waals surface area contributed by atoms with Gasteiger partial charge in [-0.25, -0.2) is 0 Å². The van der Waals surface area contributed by atoms with Crippen molar-refractivity contribution < 1.29 is 4.79 Å². The zero-order valence-corrected chi connectivity index (χ0v) is 13.5. The van der Waals surface area contributed by atoms with Crippen molar-refractivity contribution in [3.05, 3.63) is 65.7 Å². The van der Waals surface area contributed by atoms with E-state index in [1.165, 1.54) is 5.56 Å². The van der Waals surface area contributed by atoms with Crippen LogP contribution in [0.4, 0.5) is 5.69 Å². The van der Waals surface area contributed by atoms with Gasteiger partial charge in [0, 0.05) is 11.3 Å². The van der Waals surface area contributed by atoms with Gasteiger partial charge >= 0.3 is 0 Å². The summed E-state index contributed by atoms with van der Waals surface area (Å²) in [5.41, 5.74) is 2.76. The number of carbonyl (C=O) groups is 1. The average molecular weight is 296 g/mol. The number of rotatable bonds is 6. The second kappa shape index (κ2) is 7.76. The highest BCUT2D eigenvalue weighted by Gasteiger charge is 2.14. The Bertz CT molecular complexity index is 610. The number of hydrogen-bond acceptors (Lipinski definition) is 2. The highest BCUT2D eigenvalue weighted by molar-refractivity contribution is 6.04. The molecule has 0 radical (unpaired) electrons. The van der Waals surface area contributed by atoms with E-state index in [0.29, 0.717) is 17.4 Å². The first-order chi connectivity index (χ1) is 10.6. The smallest absolute Gasteiger partial charge is 0.255 e.